The molecule has 1 saturated heterocycles. The lowest BCUT2D eigenvalue weighted by Crippen LogP contribution is -3.16. The van der Waals surface area contributed by atoms with E-state index in [1.807, 2.05) is 42.6 Å². The molecule has 2 aromatic rings. The summed E-state index contributed by atoms with van der Waals surface area (Å²) in [5.74, 6) is 2.68. The van der Waals surface area contributed by atoms with Gasteiger partial charge in [-0.1, -0.05) is 18.2 Å². The molecule has 0 unspecified atom stereocenters. The zero-order valence-electron chi connectivity index (χ0n) is 16.0. The molecule has 1 aromatic heterocycles. The van der Waals surface area contributed by atoms with Crippen molar-refractivity contribution >= 4 is 5.82 Å². The van der Waals surface area contributed by atoms with Crippen molar-refractivity contribution in [1.29, 1.82) is 0 Å². The smallest absolute Gasteiger partial charge is 0.274 e. The predicted octanol–water partition coefficient (Wildman–Crippen LogP) is -0.577. The molecule has 150 valence electrons. The first-order chi connectivity index (χ1) is 13.8. The first-order valence-corrected chi connectivity index (χ1v) is 9.97. The maximum Gasteiger partial charge on any atom is 0.274 e. The molecule has 1 aromatic carbocycles. The number of hydrogen-bond acceptors (Lipinski definition) is 5. The standard InChI is InChI=1S/C21H27N3O4/c25-17(13-23-9-11-24(12-10-23)21-7-3-4-8-22-21)14-26-15-18-16-27-19-5-1-2-6-20(19)28-18/h1-8,17-18,25H,9-16H2/p+2/t17-,18+/m1/s1. The number of anilines is 1. The summed E-state index contributed by atoms with van der Waals surface area (Å²) < 4.78 is 17.3. The number of nitrogens with zero attached hydrogens (tertiary/aromatic N) is 1. The molecule has 3 N–H and O–H groups in total. The van der Waals surface area contributed by atoms with Crippen LogP contribution in [0.3, 0.4) is 0 Å². The van der Waals surface area contributed by atoms with Crippen molar-refractivity contribution in [3.8, 4) is 11.5 Å². The van der Waals surface area contributed by atoms with E-state index in [0.29, 0.717) is 26.4 Å². The van der Waals surface area contributed by atoms with Gasteiger partial charge in [-0.2, -0.15) is 0 Å². The third-order valence-corrected chi connectivity index (χ3v) is 5.21. The Hall–Kier alpha value is -2.35. The van der Waals surface area contributed by atoms with Gasteiger partial charge < -0.3 is 24.2 Å². The van der Waals surface area contributed by atoms with Crippen LogP contribution < -0.4 is 24.3 Å². The third-order valence-electron chi connectivity index (χ3n) is 5.21. The van der Waals surface area contributed by atoms with Crippen molar-refractivity contribution in [3.63, 3.8) is 0 Å². The van der Waals surface area contributed by atoms with Gasteiger partial charge in [0.15, 0.2) is 17.6 Å². The highest BCUT2D eigenvalue weighted by Crippen LogP contribution is 2.30. The van der Waals surface area contributed by atoms with Crippen LogP contribution in [0.5, 0.6) is 11.5 Å². The lowest BCUT2D eigenvalue weighted by atomic mass is 10.2. The number of H-pyrrole nitrogens is 1. The van der Waals surface area contributed by atoms with Gasteiger partial charge in [-0.25, -0.2) is 4.98 Å². The number of nitrogens with one attached hydrogen (secondary N) is 2. The number of pyridine rings is 1. The van der Waals surface area contributed by atoms with E-state index in [4.69, 9.17) is 14.2 Å². The van der Waals surface area contributed by atoms with Gasteiger partial charge in [0, 0.05) is 6.07 Å². The molecule has 0 aliphatic carbocycles. The first kappa shape index (κ1) is 19.0. The molecule has 0 amide bonds. The van der Waals surface area contributed by atoms with E-state index in [-0.39, 0.29) is 6.10 Å². The second-order valence-corrected chi connectivity index (χ2v) is 7.38. The Morgan fingerprint density at radius 1 is 1.14 bits per heavy atom. The fourth-order valence-electron chi connectivity index (χ4n) is 3.72. The lowest BCUT2D eigenvalue weighted by molar-refractivity contribution is -0.903. The maximum atomic E-state index is 10.3. The molecular formula is C21H29N3O4+2. The fraction of sp³-hybridized carbons (Fsp3) is 0.476. The van der Waals surface area contributed by atoms with Crippen LogP contribution in [0.25, 0.3) is 0 Å². The molecule has 0 radical (unpaired) electrons. The van der Waals surface area contributed by atoms with Gasteiger partial charge in [0.25, 0.3) is 5.82 Å². The topological polar surface area (TPSA) is 69.7 Å². The normalized spacial score (nSPS) is 20.8. The summed E-state index contributed by atoms with van der Waals surface area (Å²) in [6.45, 7) is 5.89. The Labute approximate surface area is 165 Å². The average Bonchev–Trinajstić information content (AvgIpc) is 2.75. The van der Waals surface area contributed by atoms with Crippen LogP contribution in [0.1, 0.15) is 0 Å². The van der Waals surface area contributed by atoms with Crippen molar-refractivity contribution in [2.45, 2.75) is 12.2 Å². The molecule has 2 aliphatic rings. The molecular weight excluding hydrogens is 358 g/mol. The molecule has 3 heterocycles. The number of para-hydroxylation sites is 2. The summed E-state index contributed by atoms with van der Waals surface area (Å²) in [5, 5.41) is 10.3. The van der Waals surface area contributed by atoms with Gasteiger partial charge in [0.1, 0.15) is 45.4 Å². The second-order valence-electron chi connectivity index (χ2n) is 7.38. The molecule has 7 heteroatoms. The fourth-order valence-corrected chi connectivity index (χ4v) is 3.72. The molecule has 4 rings (SSSR count). The van der Waals surface area contributed by atoms with Crippen molar-refractivity contribution in [3.05, 3.63) is 48.7 Å². The summed E-state index contributed by atoms with van der Waals surface area (Å²) in [7, 11) is 0. The summed E-state index contributed by atoms with van der Waals surface area (Å²) in [4.78, 5) is 7.05. The third kappa shape index (κ3) is 4.92. The minimum Gasteiger partial charge on any atom is -0.486 e. The number of rotatable bonds is 7. The molecule has 0 saturated carbocycles. The van der Waals surface area contributed by atoms with Crippen LogP contribution >= 0.6 is 0 Å². The van der Waals surface area contributed by atoms with Gasteiger partial charge in [0.2, 0.25) is 0 Å². The Kier molecular flexibility index (Phi) is 6.26. The van der Waals surface area contributed by atoms with Crippen molar-refractivity contribution < 1.29 is 29.2 Å². The number of aromatic amines is 1. The van der Waals surface area contributed by atoms with Gasteiger partial charge >= 0.3 is 0 Å². The van der Waals surface area contributed by atoms with Gasteiger partial charge in [-0.3, -0.25) is 4.90 Å². The van der Waals surface area contributed by atoms with Crippen LogP contribution in [-0.2, 0) is 4.74 Å². The van der Waals surface area contributed by atoms with Crippen LogP contribution in [-0.4, -0.2) is 69.9 Å². The first-order valence-electron chi connectivity index (χ1n) is 9.97. The molecule has 2 atom stereocenters. The Morgan fingerprint density at radius 2 is 1.93 bits per heavy atom. The van der Waals surface area contributed by atoms with Crippen LogP contribution in [0.4, 0.5) is 5.82 Å². The average molecular weight is 387 g/mol. The number of aliphatic hydroxyl groups excluding tert-OH is 1. The maximum absolute atomic E-state index is 10.3. The van der Waals surface area contributed by atoms with E-state index in [1.165, 1.54) is 4.90 Å². The highest BCUT2D eigenvalue weighted by atomic mass is 16.6. The van der Waals surface area contributed by atoms with E-state index in [2.05, 4.69) is 16.0 Å². The van der Waals surface area contributed by atoms with Crippen LogP contribution in [0, 0.1) is 0 Å². The SMILES string of the molecule is O[C@@H](COC[C@H]1COc2ccccc2O1)C[NH+]1CCN(c2cccc[nH+]2)CC1. The number of quaternary nitrogens is 1. The quantitative estimate of drug-likeness (QED) is 0.666. The minimum absolute atomic E-state index is 0.139. The summed E-state index contributed by atoms with van der Waals surface area (Å²) in [6.07, 6.45) is 1.34. The highest BCUT2D eigenvalue weighted by molar-refractivity contribution is 5.40. The van der Waals surface area contributed by atoms with Gasteiger partial charge in [0.05, 0.1) is 19.4 Å². The molecule has 7 nitrogen and oxygen atoms in total. The van der Waals surface area contributed by atoms with E-state index in [1.54, 1.807) is 0 Å². The zero-order valence-corrected chi connectivity index (χ0v) is 16.0. The molecule has 28 heavy (non-hydrogen) atoms. The number of aromatic nitrogens is 1. The second kappa shape index (κ2) is 9.23. The number of hydrogen-bond donors (Lipinski definition) is 2. The number of fused-ring (bicyclic) bond motifs is 1. The molecule has 2 aliphatic heterocycles. The number of piperazine rings is 1. The van der Waals surface area contributed by atoms with E-state index in [9.17, 15) is 5.11 Å². The monoisotopic (exact) mass is 387 g/mol. The molecule has 1 fully saturated rings. The van der Waals surface area contributed by atoms with Crippen molar-refractivity contribution in [2.75, 3.05) is 57.4 Å². The van der Waals surface area contributed by atoms with Gasteiger partial charge in [-0.15, -0.1) is 0 Å². The minimum atomic E-state index is -0.471. The molecule has 0 spiro atoms. The zero-order chi connectivity index (χ0) is 19.2. The van der Waals surface area contributed by atoms with Crippen molar-refractivity contribution in [1.82, 2.24) is 0 Å². The Morgan fingerprint density at radius 3 is 2.71 bits per heavy atom. The van der Waals surface area contributed by atoms with Crippen LogP contribution in [0.2, 0.25) is 0 Å². The predicted molar refractivity (Wildman–Crippen MR) is 104 cm³/mol. The largest absolute Gasteiger partial charge is 0.486 e. The highest BCUT2D eigenvalue weighted by Gasteiger charge is 2.27. The molecule has 0 bridgehead atoms. The summed E-state index contributed by atoms with van der Waals surface area (Å²) in [6, 6.07) is 13.8. The van der Waals surface area contributed by atoms with Crippen molar-refractivity contribution in [2.24, 2.45) is 0 Å². The Balaban J connectivity index is 1.14. The number of aliphatic hydroxyl groups is 1. The summed E-state index contributed by atoms with van der Waals surface area (Å²) >= 11 is 0. The summed E-state index contributed by atoms with van der Waals surface area (Å²) in [5.41, 5.74) is 0. The number of ether oxygens (including phenoxy) is 3. The number of benzene rings is 1. The van der Waals surface area contributed by atoms with E-state index >= 15 is 0 Å². The van der Waals surface area contributed by atoms with Gasteiger partial charge in [-0.05, 0) is 18.2 Å². The Bertz CT molecular complexity index is 737. The van der Waals surface area contributed by atoms with E-state index < -0.39 is 6.10 Å². The lowest BCUT2D eigenvalue weighted by Gasteiger charge is -2.30. The van der Waals surface area contributed by atoms with E-state index in [0.717, 1.165) is 43.5 Å². The van der Waals surface area contributed by atoms with Crippen LogP contribution in [0.15, 0.2) is 48.7 Å².